The minimum absolute atomic E-state index is 0.00750. The quantitative estimate of drug-likeness (QED) is 0.0559. The molecule has 0 aromatic rings. The van der Waals surface area contributed by atoms with Crippen LogP contribution >= 0.6 is 0 Å². The maximum atomic E-state index is 11.9. The van der Waals surface area contributed by atoms with Crippen molar-refractivity contribution in [3.05, 3.63) is 12.2 Å². The predicted octanol–water partition coefficient (Wildman–Crippen LogP) is 11.0. The Morgan fingerprint density at radius 2 is 0.892 bits per heavy atom. The Hall–Kier alpha value is -0.830. The van der Waals surface area contributed by atoms with E-state index in [0.717, 1.165) is 25.7 Å². The SMILES string of the molecule is CCCC/C=C\CCCCCCCC(=O)OCCCCCCCCCCCCCCCCCCCCO. The van der Waals surface area contributed by atoms with Crippen molar-refractivity contribution >= 4 is 5.97 Å². The number of aliphatic hydroxyl groups excluding tert-OH is 1. The fourth-order valence-corrected chi connectivity index (χ4v) is 4.92. The first-order valence-electron chi connectivity index (χ1n) is 16.7. The molecule has 0 atom stereocenters. The van der Waals surface area contributed by atoms with Gasteiger partial charge in [0.25, 0.3) is 0 Å². The monoisotopic (exact) mass is 523 g/mol. The summed E-state index contributed by atoms with van der Waals surface area (Å²) in [7, 11) is 0. The normalized spacial score (nSPS) is 11.5. The standard InChI is InChI=1S/C34H66O3/c1-2-3-4-5-6-7-16-19-22-25-28-31-34(36)37-33-30-27-24-21-18-15-13-11-9-8-10-12-14-17-20-23-26-29-32-35/h5-6,35H,2-4,7-33H2,1H3/b6-5-. The molecule has 0 saturated heterocycles. The van der Waals surface area contributed by atoms with E-state index in [1.54, 1.807) is 0 Å². The van der Waals surface area contributed by atoms with E-state index in [4.69, 9.17) is 9.84 Å². The van der Waals surface area contributed by atoms with Crippen molar-refractivity contribution in [2.75, 3.05) is 13.2 Å². The van der Waals surface area contributed by atoms with E-state index >= 15 is 0 Å². The Balaban J connectivity index is 3.15. The van der Waals surface area contributed by atoms with Gasteiger partial charge in [0.2, 0.25) is 0 Å². The van der Waals surface area contributed by atoms with Crippen molar-refractivity contribution in [1.82, 2.24) is 0 Å². The number of carbonyl (C=O) groups is 1. The molecule has 0 fully saturated rings. The second-order valence-corrected chi connectivity index (χ2v) is 11.2. The van der Waals surface area contributed by atoms with Gasteiger partial charge in [-0.25, -0.2) is 0 Å². The molecule has 0 unspecified atom stereocenters. The first-order chi connectivity index (χ1) is 18.3. The molecule has 0 amide bonds. The van der Waals surface area contributed by atoms with Crippen LogP contribution < -0.4 is 0 Å². The third-order valence-electron chi connectivity index (χ3n) is 7.46. The van der Waals surface area contributed by atoms with E-state index < -0.39 is 0 Å². The second-order valence-electron chi connectivity index (χ2n) is 11.2. The van der Waals surface area contributed by atoms with Crippen LogP contribution in [0.15, 0.2) is 12.2 Å². The molecule has 37 heavy (non-hydrogen) atoms. The largest absolute Gasteiger partial charge is 0.466 e. The van der Waals surface area contributed by atoms with Gasteiger partial charge in [-0.05, 0) is 38.5 Å². The molecule has 0 saturated carbocycles. The number of esters is 1. The van der Waals surface area contributed by atoms with Crippen LogP contribution in [-0.4, -0.2) is 24.3 Å². The van der Waals surface area contributed by atoms with Gasteiger partial charge in [-0.3, -0.25) is 4.79 Å². The molecular weight excluding hydrogens is 456 g/mol. The topological polar surface area (TPSA) is 46.5 Å². The van der Waals surface area contributed by atoms with Crippen LogP contribution in [0.1, 0.15) is 187 Å². The van der Waals surface area contributed by atoms with Gasteiger partial charge in [-0.15, -0.1) is 0 Å². The zero-order chi connectivity index (χ0) is 26.9. The molecule has 0 aromatic heterocycles. The number of hydrogen-bond donors (Lipinski definition) is 1. The van der Waals surface area contributed by atoms with E-state index in [9.17, 15) is 4.79 Å². The number of ether oxygens (including phenoxy) is 1. The van der Waals surface area contributed by atoms with E-state index in [1.807, 2.05) is 0 Å². The van der Waals surface area contributed by atoms with Crippen LogP contribution in [0, 0.1) is 0 Å². The van der Waals surface area contributed by atoms with Crippen molar-refractivity contribution in [2.45, 2.75) is 187 Å². The minimum Gasteiger partial charge on any atom is -0.466 e. The summed E-state index contributed by atoms with van der Waals surface area (Å²) in [6.07, 6.45) is 39.9. The molecule has 0 bridgehead atoms. The molecule has 0 rings (SSSR count). The van der Waals surface area contributed by atoms with Gasteiger partial charge in [-0.1, -0.05) is 154 Å². The van der Waals surface area contributed by atoms with Gasteiger partial charge in [0.1, 0.15) is 0 Å². The lowest BCUT2D eigenvalue weighted by Gasteiger charge is -2.05. The van der Waals surface area contributed by atoms with E-state index in [0.29, 0.717) is 19.6 Å². The van der Waals surface area contributed by atoms with Crippen LogP contribution in [-0.2, 0) is 9.53 Å². The van der Waals surface area contributed by atoms with Crippen LogP contribution in [0.2, 0.25) is 0 Å². The Bertz CT molecular complexity index is 460. The summed E-state index contributed by atoms with van der Waals surface area (Å²) in [5.41, 5.74) is 0. The summed E-state index contributed by atoms with van der Waals surface area (Å²) < 4.78 is 5.41. The average molecular weight is 523 g/mol. The van der Waals surface area contributed by atoms with Crippen molar-refractivity contribution in [3.63, 3.8) is 0 Å². The number of allylic oxidation sites excluding steroid dienone is 2. The Labute approximate surface area is 232 Å². The lowest BCUT2D eigenvalue weighted by molar-refractivity contribution is -0.143. The van der Waals surface area contributed by atoms with Gasteiger partial charge in [0, 0.05) is 13.0 Å². The van der Waals surface area contributed by atoms with Gasteiger partial charge in [-0.2, -0.15) is 0 Å². The summed E-state index contributed by atoms with van der Waals surface area (Å²) in [5, 5.41) is 8.77. The molecule has 0 aliphatic heterocycles. The molecule has 0 heterocycles. The van der Waals surface area contributed by atoms with Gasteiger partial charge < -0.3 is 9.84 Å². The maximum Gasteiger partial charge on any atom is 0.305 e. The molecule has 3 nitrogen and oxygen atoms in total. The molecule has 220 valence electrons. The summed E-state index contributed by atoms with van der Waals surface area (Å²) in [4.78, 5) is 11.9. The average Bonchev–Trinajstić information content (AvgIpc) is 2.90. The number of carbonyl (C=O) groups excluding carboxylic acids is 1. The van der Waals surface area contributed by atoms with E-state index in [1.165, 1.54) is 148 Å². The van der Waals surface area contributed by atoms with Crippen LogP contribution in [0.3, 0.4) is 0 Å². The Morgan fingerprint density at radius 1 is 0.514 bits per heavy atom. The second kappa shape index (κ2) is 33.2. The van der Waals surface area contributed by atoms with Crippen LogP contribution in [0.5, 0.6) is 0 Å². The highest BCUT2D eigenvalue weighted by atomic mass is 16.5. The highest BCUT2D eigenvalue weighted by Gasteiger charge is 2.02. The fourth-order valence-electron chi connectivity index (χ4n) is 4.92. The molecular formula is C34H66O3. The minimum atomic E-state index is 0.00750. The Morgan fingerprint density at radius 3 is 1.35 bits per heavy atom. The summed E-state index contributed by atoms with van der Waals surface area (Å²) in [5.74, 6) is 0.00750. The molecule has 0 aliphatic carbocycles. The third kappa shape index (κ3) is 33.1. The lowest BCUT2D eigenvalue weighted by Crippen LogP contribution is -2.05. The van der Waals surface area contributed by atoms with Crippen molar-refractivity contribution in [2.24, 2.45) is 0 Å². The molecule has 0 aromatic carbocycles. The van der Waals surface area contributed by atoms with Crippen molar-refractivity contribution in [1.29, 1.82) is 0 Å². The number of unbranched alkanes of at least 4 members (excludes halogenated alkanes) is 24. The maximum absolute atomic E-state index is 11.9. The first-order valence-corrected chi connectivity index (χ1v) is 16.7. The predicted molar refractivity (Wildman–Crippen MR) is 162 cm³/mol. The van der Waals surface area contributed by atoms with Gasteiger partial charge >= 0.3 is 5.97 Å². The van der Waals surface area contributed by atoms with Crippen LogP contribution in [0.25, 0.3) is 0 Å². The number of rotatable bonds is 31. The number of hydrogen-bond acceptors (Lipinski definition) is 3. The third-order valence-corrected chi connectivity index (χ3v) is 7.46. The van der Waals surface area contributed by atoms with Crippen molar-refractivity contribution < 1.29 is 14.6 Å². The summed E-state index contributed by atoms with van der Waals surface area (Å²) in [6, 6.07) is 0. The Kier molecular flexibility index (Phi) is 32.5. The zero-order valence-corrected chi connectivity index (χ0v) is 25.1. The summed E-state index contributed by atoms with van der Waals surface area (Å²) in [6.45, 7) is 3.22. The molecule has 1 N–H and O–H groups in total. The smallest absolute Gasteiger partial charge is 0.305 e. The molecule has 3 heteroatoms. The summed E-state index contributed by atoms with van der Waals surface area (Å²) >= 11 is 0. The van der Waals surface area contributed by atoms with Gasteiger partial charge in [0.15, 0.2) is 0 Å². The van der Waals surface area contributed by atoms with E-state index in [2.05, 4.69) is 19.1 Å². The number of aliphatic hydroxyl groups is 1. The highest BCUT2D eigenvalue weighted by molar-refractivity contribution is 5.69. The molecule has 0 radical (unpaired) electrons. The lowest BCUT2D eigenvalue weighted by atomic mass is 10.0. The van der Waals surface area contributed by atoms with Gasteiger partial charge in [0.05, 0.1) is 6.61 Å². The zero-order valence-electron chi connectivity index (χ0n) is 25.1. The highest BCUT2D eigenvalue weighted by Crippen LogP contribution is 2.14. The van der Waals surface area contributed by atoms with E-state index in [-0.39, 0.29) is 5.97 Å². The first kappa shape index (κ1) is 36.2. The van der Waals surface area contributed by atoms with Crippen LogP contribution in [0.4, 0.5) is 0 Å². The molecule has 0 spiro atoms. The fraction of sp³-hybridized carbons (Fsp3) is 0.912. The molecule has 0 aliphatic rings. The van der Waals surface area contributed by atoms with Crippen molar-refractivity contribution in [3.8, 4) is 0 Å².